The van der Waals surface area contributed by atoms with Gasteiger partial charge in [-0.3, -0.25) is 4.90 Å². The summed E-state index contributed by atoms with van der Waals surface area (Å²) in [5.74, 6) is 1.57. The molecule has 1 unspecified atom stereocenters. The van der Waals surface area contributed by atoms with E-state index < -0.39 is 0 Å². The van der Waals surface area contributed by atoms with Gasteiger partial charge in [0, 0.05) is 52.3 Å². The fourth-order valence-corrected chi connectivity index (χ4v) is 3.99. The van der Waals surface area contributed by atoms with Gasteiger partial charge in [0.05, 0.1) is 39.6 Å². The van der Waals surface area contributed by atoms with E-state index in [1.807, 2.05) is 0 Å². The summed E-state index contributed by atoms with van der Waals surface area (Å²) in [5.41, 5.74) is 2.61. The molecule has 1 aromatic rings. The van der Waals surface area contributed by atoms with Crippen LogP contribution in [-0.4, -0.2) is 88.6 Å². The monoisotopic (exact) mass is 418 g/mol. The van der Waals surface area contributed by atoms with Crippen LogP contribution in [0.5, 0.6) is 0 Å². The first-order valence-electron chi connectivity index (χ1n) is 11.3. The molecule has 3 rings (SSSR count). The Morgan fingerprint density at radius 3 is 2.83 bits per heavy atom. The zero-order valence-electron chi connectivity index (χ0n) is 18.6. The maximum Gasteiger partial charge on any atom is 0.194 e. The topological polar surface area (TPSA) is 58.6 Å². The number of nitrogens with zero attached hydrogens (tertiary/aromatic N) is 3. The molecule has 2 aliphatic rings. The normalized spacial score (nSPS) is 20.7. The lowest BCUT2D eigenvalue weighted by Gasteiger charge is -2.26. The number of rotatable bonds is 10. The summed E-state index contributed by atoms with van der Waals surface area (Å²) in [7, 11) is 1.71. The minimum absolute atomic E-state index is 0.558. The van der Waals surface area contributed by atoms with Gasteiger partial charge in [0.1, 0.15) is 0 Å². The summed E-state index contributed by atoms with van der Waals surface area (Å²) in [6.45, 7) is 12.5. The Kier molecular flexibility index (Phi) is 9.89. The van der Waals surface area contributed by atoms with Crippen molar-refractivity contribution in [2.45, 2.75) is 26.4 Å². The summed E-state index contributed by atoms with van der Waals surface area (Å²) in [6, 6.07) is 8.82. The van der Waals surface area contributed by atoms with Crippen molar-refractivity contribution in [3.63, 3.8) is 0 Å². The standard InChI is InChI=1S/C23H38N4O3/c1-3-24-23(27-8-7-22(18-27)19-30-14-13-28-2)25-16-20-5-4-6-21(15-20)17-26-9-11-29-12-10-26/h4-6,15,22H,3,7-14,16-19H2,1-2H3,(H,24,25). The second-order valence-electron chi connectivity index (χ2n) is 8.05. The van der Waals surface area contributed by atoms with Crippen molar-refractivity contribution < 1.29 is 14.2 Å². The molecule has 2 saturated heterocycles. The maximum atomic E-state index is 5.73. The summed E-state index contributed by atoms with van der Waals surface area (Å²) in [6.07, 6.45) is 1.15. The van der Waals surface area contributed by atoms with Crippen molar-refractivity contribution in [2.24, 2.45) is 10.9 Å². The van der Waals surface area contributed by atoms with Crippen LogP contribution in [0, 0.1) is 5.92 Å². The summed E-state index contributed by atoms with van der Waals surface area (Å²) in [4.78, 5) is 9.75. The SMILES string of the molecule is CCNC(=NCc1cccc(CN2CCOCC2)c1)N1CCC(COCCOC)C1. The van der Waals surface area contributed by atoms with E-state index in [0.717, 1.165) is 71.5 Å². The number of benzene rings is 1. The Morgan fingerprint density at radius 1 is 1.20 bits per heavy atom. The second kappa shape index (κ2) is 12.9. The molecule has 2 fully saturated rings. The highest BCUT2D eigenvalue weighted by Crippen LogP contribution is 2.17. The van der Waals surface area contributed by atoms with E-state index in [1.54, 1.807) is 7.11 Å². The first kappa shape index (κ1) is 23.0. The van der Waals surface area contributed by atoms with Gasteiger partial charge in [0.25, 0.3) is 0 Å². The number of guanidine groups is 1. The summed E-state index contributed by atoms with van der Waals surface area (Å²) < 4.78 is 16.2. The lowest BCUT2D eigenvalue weighted by atomic mass is 10.1. The van der Waals surface area contributed by atoms with Crippen LogP contribution < -0.4 is 5.32 Å². The zero-order chi connectivity index (χ0) is 21.0. The molecule has 7 nitrogen and oxygen atoms in total. The maximum absolute atomic E-state index is 5.73. The number of hydrogen-bond acceptors (Lipinski definition) is 5. The van der Waals surface area contributed by atoms with E-state index in [2.05, 4.69) is 46.3 Å². The van der Waals surface area contributed by atoms with Crippen molar-refractivity contribution in [3.8, 4) is 0 Å². The number of methoxy groups -OCH3 is 1. The molecule has 0 aromatic heterocycles. The van der Waals surface area contributed by atoms with Crippen LogP contribution in [0.1, 0.15) is 24.5 Å². The molecular formula is C23H38N4O3. The Labute approximate surface area is 181 Å². The molecule has 0 radical (unpaired) electrons. The van der Waals surface area contributed by atoms with Crippen LogP contribution in [0.2, 0.25) is 0 Å². The van der Waals surface area contributed by atoms with E-state index in [9.17, 15) is 0 Å². The third-order valence-electron chi connectivity index (χ3n) is 5.62. The van der Waals surface area contributed by atoms with Crippen molar-refractivity contribution in [1.82, 2.24) is 15.1 Å². The fraction of sp³-hybridized carbons (Fsp3) is 0.696. The highest BCUT2D eigenvalue weighted by molar-refractivity contribution is 5.80. The van der Waals surface area contributed by atoms with Gasteiger partial charge < -0.3 is 24.4 Å². The average Bonchev–Trinajstić information content (AvgIpc) is 3.24. The van der Waals surface area contributed by atoms with Crippen LogP contribution in [0.15, 0.2) is 29.3 Å². The van der Waals surface area contributed by atoms with Gasteiger partial charge in [-0.1, -0.05) is 24.3 Å². The van der Waals surface area contributed by atoms with Gasteiger partial charge in [-0.05, 0) is 24.5 Å². The number of morpholine rings is 1. The number of likely N-dealkylation sites (tertiary alicyclic amines) is 1. The van der Waals surface area contributed by atoms with E-state index in [1.165, 1.54) is 11.1 Å². The summed E-state index contributed by atoms with van der Waals surface area (Å²) in [5, 5.41) is 3.47. The van der Waals surface area contributed by atoms with Crippen LogP contribution in [0.25, 0.3) is 0 Å². The smallest absolute Gasteiger partial charge is 0.194 e. The Balaban J connectivity index is 1.52. The minimum Gasteiger partial charge on any atom is -0.382 e. The number of aliphatic imine (C=N–C) groups is 1. The largest absolute Gasteiger partial charge is 0.382 e. The van der Waals surface area contributed by atoms with E-state index in [0.29, 0.717) is 25.7 Å². The highest BCUT2D eigenvalue weighted by Gasteiger charge is 2.25. The van der Waals surface area contributed by atoms with E-state index in [-0.39, 0.29) is 0 Å². The van der Waals surface area contributed by atoms with Crippen LogP contribution >= 0.6 is 0 Å². The van der Waals surface area contributed by atoms with Gasteiger partial charge in [0.15, 0.2) is 5.96 Å². The molecule has 2 aliphatic heterocycles. The first-order chi connectivity index (χ1) is 14.8. The lowest BCUT2D eigenvalue weighted by molar-refractivity contribution is 0.0342. The molecule has 0 aliphatic carbocycles. The van der Waals surface area contributed by atoms with Crippen molar-refractivity contribution in [1.29, 1.82) is 0 Å². The zero-order valence-corrected chi connectivity index (χ0v) is 18.6. The quantitative estimate of drug-likeness (QED) is 0.356. The van der Waals surface area contributed by atoms with Gasteiger partial charge >= 0.3 is 0 Å². The van der Waals surface area contributed by atoms with Crippen molar-refractivity contribution >= 4 is 5.96 Å². The highest BCUT2D eigenvalue weighted by atomic mass is 16.5. The Bertz CT molecular complexity index is 649. The van der Waals surface area contributed by atoms with Gasteiger partial charge in [-0.15, -0.1) is 0 Å². The molecule has 1 N–H and O–H groups in total. The number of nitrogens with one attached hydrogen (secondary N) is 1. The molecule has 7 heteroatoms. The molecule has 0 bridgehead atoms. The Morgan fingerprint density at radius 2 is 2.03 bits per heavy atom. The van der Waals surface area contributed by atoms with Crippen LogP contribution in [-0.2, 0) is 27.3 Å². The molecule has 30 heavy (non-hydrogen) atoms. The molecule has 0 spiro atoms. The van der Waals surface area contributed by atoms with E-state index >= 15 is 0 Å². The van der Waals surface area contributed by atoms with Gasteiger partial charge in [-0.25, -0.2) is 4.99 Å². The van der Waals surface area contributed by atoms with Gasteiger partial charge in [-0.2, -0.15) is 0 Å². The molecule has 2 heterocycles. The molecular weight excluding hydrogens is 380 g/mol. The van der Waals surface area contributed by atoms with Crippen molar-refractivity contribution in [2.75, 3.05) is 72.9 Å². The summed E-state index contributed by atoms with van der Waals surface area (Å²) >= 11 is 0. The fourth-order valence-electron chi connectivity index (χ4n) is 3.99. The first-order valence-corrected chi connectivity index (χ1v) is 11.3. The van der Waals surface area contributed by atoms with Crippen molar-refractivity contribution in [3.05, 3.63) is 35.4 Å². The number of ether oxygens (including phenoxy) is 3. The third-order valence-corrected chi connectivity index (χ3v) is 5.62. The molecule has 168 valence electrons. The van der Waals surface area contributed by atoms with Gasteiger partial charge in [0.2, 0.25) is 0 Å². The number of hydrogen-bond donors (Lipinski definition) is 1. The van der Waals surface area contributed by atoms with E-state index in [4.69, 9.17) is 19.2 Å². The van der Waals surface area contributed by atoms with Crippen LogP contribution in [0.4, 0.5) is 0 Å². The Hall–Kier alpha value is -1.67. The second-order valence-corrected chi connectivity index (χ2v) is 8.05. The lowest BCUT2D eigenvalue weighted by Crippen LogP contribution is -2.40. The molecule has 1 atom stereocenters. The minimum atomic E-state index is 0.558. The molecule has 1 aromatic carbocycles. The van der Waals surface area contributed by atoms with Crippen LogP contribution in [0.3, 0.4) is 0 Å². The molecule has 0 amide bonds. The predicted molar refractivity (Wildman–Crippen MR) is 120 cm³/mol. The third kappa shape index (κ3) is 7.54. The average molecular weight is 419 g/mol. The molecule has 0 saturated carbocycles. The predicted octanol–water partition coefficient (Wildman–Crippen LogP) is 1.97.